The van der Waals surface area contributed by atoms with Gasteiger partial charge in [-0.3, -0.25) is 15.0 Å². The second-order valence-corrected chi connectivity index (χ2v) is 4.43. The van der Waals surface area contributed by atoms with Gasteiger partial charge in [0.1, 0.15) is 11.6 Å². The van der Waals surface area contributed by atoms with Gasteiger partial charge in [0.15, 0.2) is 11.6 Å². The summed E-state index contributed by atoms with van der Waals surface area (Å²) in [6.45, 7) is 1.51. The molecule has 1 aromatic rings. The Morgan fingerprint density at radius 3 is 2.52 bits per heavy atom. The first-order valence-corrected chi connectivity index (χ1v) is 6.52. The highest BCUT2D eigenvalue weighted by atomic mass is 32.1. The normalized spacial score (nSPS) is 13.7. The van der Waals surface area contributed by atoms with Crippen molar-refractivity contribution in [3.63, 3.8) is 0 Å². The first-order chi connectivity index (χ1) is 10.0. The Labute approximate surface area is 130 Å². The molecule has 0 fully saturated rings. The van der Waals surface area contributed by atoms with E-state index in [9.17, 15) is 14.9 Å². The van der Waals surface area contributed by atoms with Gasteiger partial charge in [0, 0.05) is 22.4 Å². The van der Waals surface area contributed by atoms with Gasteiger partial charge < -0.3 is 0 Å². The zero-order valence-corrected chi connectivity index (χ0v) is 12.3. The third-order valence-electron chi connectivity index (χ3n) is 2.60. The van der Waals surface area contributed by atoms with Crippen molar-refractivity contribution in [1.82, 2.24) is 15.0 Å². The van der Waals surface area contributed by atoms with Crippen LogP contribution >= 0.6 is 24.4 Å². The Morgan fingerprint density at radius 2 is 2.05 bits per heavy atom. The van der Waals surface area contributed by atoms with Crippen LogP contribution in [0.25, 0.3) is 0 Å². The number of hydrazine groups is 1. The Hall–Kier alpha value is -2.57. The van der Waals surface area contributed by atoms with Crippen molar-refractivity contribution in [2.75, 3.05) is 5.43 Å². The number of nitriles is 1. The highest BCUT2D eigenvalue weighted by Gasteiger charge is 2.30. The molecule has 0 aromatic carbocycles. The predicted octanol–water partition coefficient (Wildman–Crippen LogP) is 0.686. The number of nitrogens with one attached hydrogen (secondary N) is 1. The molecule has 1 N–H and O–H groups in total. The molecule has 0 unspecified atom stereocenters. The SMILES string of the molecule is CC1=CC(=O)N(Nc2nc(C=S)nc(C=S)c2C#N)C1=O. The summed E-state index contributed by atoms with van der Waals surface area (Å²) in [7, 11) is 0. The van der Waals surface area contributed by atoms with Gasteiger partial charge >= 0.3 is 0 Å². The van der Waals surface area contributed by atoms with Crippen LogP contribution < -0.4 is 5.43 Å². The van der Waals surface area contributed by atoms with E-state index in [2.05, 4.69) is 15.4 Å². The summed E-state index contributed by atoms with van der Waals surface area (Å²) in [5.41, 5.74) is 3.01. The molecular weight excluding hydrogens is 310 g/mol. The number of imide groups is 1. The summed E-state index contributed by atoms with van der Waals surface area (Å²) in [4.78, 5) is 31.5. The lowest BCUT2D eigenvalue weighted by Gasteiger charge is -2.17. The summed E-state index contributed by atoms with van der Waals surface area (Å²) in [6.07, 6.45) is 1.18. The molecule has 21 heavy (non-hydrogen) atoms. The number of hydrogen-bond donors (Lipinski definition) is 1. The molecule has 1 aliphatic heterocycles. The first kappa shape index (κ1) is 14.8. The number of carbonyl (C=O) groups excluding carboxylic acids is 2. The van der Waals surface area contributed by atoms with Crippen LogP contribution in [0.15, 0.2) is 11.6 Å². The van der Waals surface area contributed by atoms with Crippen LogP contribution in [0.2, 0.25) is 0 Å². The quantitative estimate of drug-likeness (QED) is 0.639. The Bertz CT molecular complexity index is 751. The standard InChI is InChI=1S/C12H7N5O2S2/c1-6-2-10(18)17(12(6)19)16-11-7(3-13)8(4-20)14-9(5-21)15-11/h2,4-5H,1H3,(H,14,15,16). The van der Waals surface area contributed by atoms with E-state index in [0.717, 1.165) is 5.01 Å². The van der Waals surface area contributed by atoms with Crippen molar-refractivity contribution < 1.29 is 9.59 Å². The first-order valence-electron chi connectivity index (χ1n) is 5.57. The van der Waals surface area contributed by atoms with E-state index in [1.165, 1.54) is 23.7 Å². The van der Waals surface area contributed by atoms with Gasteiger partial charge in [-0.25, -0.2) is 9.97 Å². The number of carbonyl (C=O) groups is 2. The maximum absolute atomic E-state index is 11.8. The second-order valence-electron chi connectivity index (χ2n) is 3.96. The van der Waals surface area contributed by atoms with Crippen molar-refractivity contribution in [1.29, 1.82) is 5.26 Å². The van der Waals surface area contributed by atoms with Gasteiger partial charge in [0.25, 0.3) is 11.8 Å². The molecule has 0 aliphatic carbocycles. The van der Waals surface area contributed by atoms with Crippen LogP contribution in [0.1, 0.15) is 24.0 Å². The lowest BCUT2D eigenvalue weighted by atomic mass is 10.2. The van der Waals surface area contributed by atoms with Crippen LogP contribution in [0, 0.1) is 11.3 Å². The molecule has 0 radical (unpaired) electrons. The molecule has 0 bridgehead atoms. The second kappa shape index (κ2) is 5.82. The molecule has 104 valence electrons. The fraction of sp³-hybridized carbons (Fsp3) is 0.0833. The number of anilines is 1. The zero-order valence-electron chi connectivity index (χ0n) is 10.7. The molecule has 1 aromatic heterocycles. The molecule has 2 amide bonds. The average molecular weight is 317 g/mol. The summed E-state index contributed by atoms with van der Waals surface area (Å²) >= 11 is 9.53. The minimum Gasteiger partial charge on any atom is -0.270 e. The molecule has 9 heteroatoms. The van der Waals surface area contributed by atoms with Gasteiger partial charge in [0.2, 0.25) is 0 Å². The van der Waals surface area contributed by atoms with Crippen molar-refractivity contribution in [2.45, 2.75) is 6.92 Å². The van der Waals surface area contributed by atoms with E-state index in [-0.39, 0.29) is 28.5 Å². The average Bonchev–Trinajstić information content (AvgIpc) is 2.72. The lowest BCUT2D eigenvalue weighted by molar-refractivity contribution is -0.135. The molecule has 0 spiro atoms. The zero-order chi connectivity index (χ0) is 15.6. The van der Waals surface area contributed by atoms with E-state index >= 15 is 0 Å². The van der Waals surface area contributed by atoms with Crippen LogP contribution in [0.5, 0.6) is 0 Å². The Morgan fingerprint density at radius 1 is 1.33 bits per heavy atom. The van der Waals surface area contributed by atoms with Crippen molar-refractivity contribution >= 4 is 52.8 Å². The van der Waals surface area contributed by atoms with Crippen LogP contribution in [-0.2, 0) is 9.59 Å². The number of aromatic nitrogens is 2. The van der Waals surface area contributed by atoms with E-state index < -0.39 is 11.8 Å². The maximum atomic E-state index is 11.8. The van der Waals surface area contributed by atoms with Crippen molar-refractivity contribution in [2.24, 2.45) is 0 Å². The third-order valence-corrected chi connectivity index (χ3v) is 3.04. The van der Waals surface area contributed by atoms with Gasteiger partial charge in [-0.15, -0.1) is 0 Å². The lowest BCUT2D eigenvalue weighted by Crippen LogP contribution is -2.37. The van der Waals surface area contributed by atoms with E-state index in [4.69, 9.17) is 24.4 Å². The fourth-order valence-corrected chi connectivity index (χ4v) is 1.90. The molecule has 0 atom stereocenters. The molecule has 2 rings (SSSR count). The molecule has 0 saturated carbocycles. The summed E-state index contributed by atoms with van der Waals surface area (Å²) in [5.74, 6) is -0.931. The summed E-state index contributed by atoms with van der Waals surface area (Å²) in [6, 6.07) is 1.88. The number of amides is 2. The van der Waals surface area contributed by atoms with Crippen molar-refractivity contribution in [3.05, 3.63) is 28.7 Å². The van der Waals surface area contributed by atoms with Crippen LogP contribution in [0.4, 0.5) is 5.82 Å². The van der Waals surface area contributed by atoms with E-state index in [0.29, 0.717) is 0 Å². The number of rotatable bonds is 4. The monoisotopic (exact) mass is 317 g/mol. The van der Waals surface area contributed by atoms with E-state index in [1.807, 2.05) is 6.07 Å². The van der Waals surface area contributed by atoms with Crippen LogP contribution in [-0.4, -0.2) is 37.5 Å². The number of hydrogen-bond acceptors (Lipinski definition) is 8. The Kier molecular flexibility index (Phi) is 4.11. The number of thiocarbonyl (C=S) groups is 2. The van der Waals surface area contributed by atoms with Gasteiger partial charge in [-0.2, -0.15) is 10.3 Å². The van der Waals surface area contributed by atoms with Gasteiger partial charge in [-0.05, 0) is 6.92 Å². The molecule has 2 heterocycles. The fourth-order valence-electron chi connectivity index (χ4n) is 1.62. The smallest absolute Gasteiger partial charge is 0.270 e. The predicted molar refractivity (Wildman–Crippen MR) is 81.5 cm³/mol. The Balaban J connectivity index is 2.47. The highest BCUT2D eigenvalue weighted by molar-refractivity contribution is 7.79. The molecule has 7 nitrogen and oxygen atoms in total. The molecular formula is C12H7N5O2S2. The topological polar surface area (TPSA) is 99.0 Å². The molecule has 0 saturated heterocycles. The number of nitrogens with zero attached hydrogens (tertiary/aromatic N) is 4. The van der Waals surface area contributed by atoms with Crippen molar-refractivity contribution in [3.8, 4) is 6.07 Å². The third kappa shape index (κ3) is 2.67. The minimum absolute atomic E-state index is 0.00972. The van der Waals surface area contributed by atoms with Gasteiger partial charge in [0.05, 0.1) is 5.69 Å². The van der Waals surface area contributed by atoms with Crippen LogP contribution in [0.3, 0.4) is 0 Å². The largest absolute Gasteiger partial charge is 0.275 e. The summed E-state index contributed by atoms with van der Waals surface area (Å²) in [5, 5.41) is 12.3. The molecule has 1 aliphatic rings. The minimum atomic E-state index is -0.548. The van der Waals surface area contributed by atoms with Gasteiger partial charge in [-0.1, -0.05) is 24.4 Å². The maximum Gasteiger partial charge on any atom is 0.275 e. The highest BCUT2D eigenvalue weighted by Crippen LogP contribution is 2.19. The van der Waals surface area contributed by atoms with E-state index in [1.54, 1.807) is 0 Å². The summed E-state index contributed by atoms with van der Waals surface area (Å²) < 4.78 is 0.